The van der Waals surface area contributed by atoms with Gasteiger partial charge in [0.25, 0.3) is 0 Å². The summed E-state index contributed by atoms with van der Waals surface area (Å²) >= 11 is 1.46. The summed E-state index contributed by atoms with van der Waals surface area (Å²) in [6.07, 6.45) is 2.62. The number of thioether (sulfide) groups is 1. The Hall–Kier alpha value is -2.22. The quantitative estimate of drug-likeness (QED) is 0.453. The minimum Gasteiger partial charge on any atom is -0.497 e. The molecule has 0 saturated carbocycles. The fourth-order valence-corrected chi connectivity index (χ4v) is 3.11. The van der Waals surface area contributed by atoms with Crippen LogP contribution in [0.4, 0.5) is 0 Å². The number of carbonyl (C=O) groups is 1. The molecule has 2 nitrogen and oxygen atoms in total. The molecule has 1 atom stereocenters. The first-order chi connectivity index (χ1) is 10.2. The number of rotatable bonds is 6. The van der Waals surface area contributed by atoms with Crippen molar-refractivity contribution in [1.82, 2.24) is 0 Å². The van der Waals surface area contributed by atoms with Gasteiger partial charge in [0.2, 0.25) is 0 Å². The van der Waals surface area contributed by atoms with Crippen molar-refractivity contribution < 1.29 is 9.53 Å². The van der Waals surface area contributed by atoms with Gasteiger partial charge >= 0.3 is 0 Å². The lowest BCUT2D eigenvalue weighted by atomic mass is 9.99. The maximum Gasteiger partial charge on any atom is 0.145 e. The van der Waals surface area contributed by atoms with Gasteiger partial charge < -0.3 is 9.53 Å². The van der Waals surface area contributed by atoms with Crippen LogP contribution in [-0.4, -0.2) is 13.4 Å². The molecule has 0 bridgehead atoms. The SMILES string of the molecule is C=C=CC(C=O)(Sc1ccccc1)c1ccc(OC)cc1. The molecule has 2 rings (SSSR count). The Bertz CT molecular complexity index is 643. The van der Waals surface area contributed by atoms with Crippen molar-refractivity contribution in [2.45, 2.75) is 9.64 Å². The van der Waals surface area contributed by atoms with Crippen LogP contribution in [0.2, 0.25) is 0 Å². The van der Waals surface area contributed by atoms with Gasteiger partial charge in [0.05, 0.1) is 7.11 Å². The molecule has 0 N–H and O–H groups in total. The molecule has 0 aliphatic rings. The number of aldehydes is 1. The fraction of sp³-hybridized carbons (Fsp3) is 0.111. The molecular weight excluding hydrogens is 280 g/mol. The van der Waals surface area contributed by atoms with E-state index in [1.54, 1.807) is 13.2 Å². The Labute approximate surface area is 129 Å². The molecule has 0 heterocycles. The summed E-state index contributed by atoms with van der Waals surface area (Å²) in [5.74, 6) is 0.755. The largest absolute Gasteiger partial charge is 0.497 e. The Morgan fingerprint density at radius 1 is 1.14 bits per heavy atom. The lowest BCUT2D eigenvalue weighted by molar-refractivity contribution is -0.109. The van der Waals surface area contributed by atoms with Crippen LogP contribution in [0.15, 0.2) is 77.9 Å². The van der Waals surface area contributed by atoms with E-state index in [0.717, 1.165) is 22.5 Å². The summed E-state index contributed by atoms with van der Waals surface area (Å²) in [6, 6.07) is 17.3. The van der Waals surface area contributed by atoms with Crippen LogP contribution >= 0.6 is 11.8 Å². The molecule has 1 unspecified atom stereocenters. The summed E-state index contributed by atoms with van der Waals surface area (Å²) in [5.41, 5.74) is 3.61. The highest BCUT2D eigenvalue weighted by Crippen LogP contribution is 2.41. The van der Waals surface area contributed by atoms with Crippen LogP contribution in [0.5, 0.6) is 5.75 Å². The second-order valence-corrected chi connectivity index (χ2v) is 5.75. The molecule has 2 aromatic carbocycles. The average Bonchev–Trinajstić information content (AvgIpc) is 2.55. The van der Waals surface area contributed by atoms with Crippen molar-refractivity contribution in [1.29, 1.82) is 0 Å². The van der Waals surface area contributed by atoms with E-state index in [-0.39, 0.29) is 0 Å². The van der Waals surface area contributed by atoms with E-state index in [9.17, 15) is 4.79 Å². The maximum absolute atomic E-state index is 11.8. The van der Waals surface area contributed by atoms with Crippen LogP contribution in [0, 0.1) is 0 Å². The second kappa shape index (κ2) is 6.98. The molecule has 0 aliphatic carbocycles. The Morgan fingerprint density at radius 2 is 1.81 bits per heavy atom. The summed E-state index contributed by atoms with van der Waals surface area (Å²) in [7, 11) is 1.62. The summed E-state index contributed by atoms with van der Waals surface area (Å²) in [5, 5.41) is 0. The maximum atomic E-state index is 11.8. The highest BCUT2D eigenvalue weighted by Gasteiger charge is 2.30. The van der Waals surface area contributed by atoms with Gasteiger partial charge in [-0.1, -0.05) is 36.9 Å². The first-order valence-electron chi connectivity index (χ1n) is 6.46. The average molecular weight is 296 g/mol. The molecule has 0 aromatic heterocycles. The van der Waals surface area contributed by atoms with Crippen molar-refractivity contribution in [3.8, 4) is 5.75 Å². The third kappa shape index (κ3) is 3.46. The van der Waals surface area contributed by atoms with E-state index in [4.69, 9.17) is 4.74 Å². The minimum absolute atomic E-state index is 0.755. The zero-order chi connectivity index (χ0) is 15.1. The molecule has 0 aliphatic heterocycles. The highest BCUT2D eigenvalue weighted by atomic mass is 32.2. The summed E-state index contributed by atoms with van der Waals surface area (Å²) < 4.78 is 4.32. The fourth-order valence-electron chi connectivity index (χ4n) is 1.98. The van der Waals surface area contributed by atoms with Gasteiger partial charge in [-0.05, 0) is 35.9 Å². The Morgan fingerprint density at radius 3 is 2.33 bits per heavy atom. The topological polar surface area (TPSA) is 26.3 Å². The molecule has 0 fully saturated rings. The molecule has 0 spiro atoms. The zero-order valence-electron chi connectivity index (χ0n) is 11.8. The van der Waals surface area contributed by atoms with Gasteiger partial charge in [0, 0.05) is 4.90 Å². The van der Waals surface area contributed by atoms with Crippen molar-refractivity contribution in [2.24, 2.45) is 0 Å². The Kier molecular flexibility index (Phi) is 5.04. The van der Waals surface area contributed by atoms with E-state index in [2.05, 4.69) is 12.3 Å². The monoisotopic (exact) mass is 296 g/mol. The number of methoxy groups -OCH3 is 1. The van der Waals surface area contributed by atoms with Crippen LogP contribution in [0.3, 0.4) is 0 Å². The van der Waals surface area contributed by atoms with Crippen molar-refractivity contribution in [2.75, 3.05) is 7.11 Å². The molecule has 3 heteroatoms. The van der Waals surface area contributed by atoms with E-state index in [1.165, 1.54) is 11.8 Å². The second-order valence-electron chi connectivity index (χ2n) is 4.40. The van der Waals surface area contributed by atoms with Crippen LogP contribution < -0.4 is 4.74 Å². The molecule has 106 valence electrons. The molecular formula is C18H16O2S. The van der Waals surface area contributed by atoms with E-state index in [0.29, 0.717) is 0 Å². The number of carbonyl (C=O) groups excluding carboxylic acids is 1. The highest BCUT2D eigenvalue weighted by molar-refractivity contribution is 8.01. The lowest BCUT2D eigenvalue weighted by Gasteiger charge is -2.24. The number of benzene rings is 2. The molecule has 21 heavy (non-hydrogen) atoms. The smallest absolute Gasteiger partial charge is 0.145 e. The summed E-state index contributed by atoms with van der Waals surface area (Å²) in [4.78, 5) is 12.8. The van der Waals surface area contributed by atoms with Crippen molar-refractivity contribution in [3.63, 3.8) is 0 Å². The van der Waals surface area contributed by atoms with Crippen molar-refractivity contribution in [3.05, 3.63) is 78.5 Å². The van der Waals surface area contributed by atoms with Crippen LogP contribution in [0.25, 0.3) is 0 Å². The van der Waals surface area contributed by atoms with Crippen LogP contribution in [0.1, 0.15) is 5.56 Å². The first kappa shape index (κ1) is 15.2. The van der Waals surface area contributed by atoms with Gasteiger partial charge in [0.15, 0.2) is 0 Å². The van der Waals surface area contributed by atoms with Crippen LogP contribution in [-0.2, 0) is 9.54 Å². The van der Waals surface area contributed by atoms with Crippen molar-refractivity contribution >= 4 is 18.0 Å². The standard InChI is InChI=1S/C18H16O2S/c1-3-13-18(14-19,21-17-7-5-4-6-8-17)15-9-11-16(20-2)12-10-15/h4-14H,1H2,2H3. The summed E-state index contributed by atoms with van der Waals surface area (Å²) in [6.45, 7) is 3.62. The predicted molar refractivity (Wildman–Crippen MR) is 86.7 cm³/mol. The van der Waals surface area contributed by atoms with Gasteiger partial charge in [-0.2, -0.15) is 0 Å². The number of hydrogen-bond donors (Lipinski definition) is 0. The zero-order valence-corrected chi connectivity index (χ0v) is 12.6. The predicted octanol–water partition coefficient (Wildman–Crippen LogP) is 4.22. The third-order valence-corrected chi connectivity index (χ3v) is 4.36. The normalized spacial score (nSPS) is 12.8. The van der Waals surface area contributed by atoms with E-state index in [1.807, 2.05) is 54.6 Å². The van der Waals surface area contributed by atoms with E-state index < -0.39 is 4.75 Å². The molecule has 0 amide bonds. The van der Waals surface area contributed by atoms with Gasteiger partial charge in [-0.3, -0.25) is 0 Å². The Balaban J connectivity index is 2.45. The van der Waals surface area contributed by atoms with Gasteiger partial charge in [0.1, 0.15) is 16.8 Å². The number of ether oxygens (including phenoxy) is 1. The minimum atomic E-state index is -0.838. The molecule has 0 saturated heterocycles. The molecule has 2 aromatic rings. The lowest BCUT2D eigenvalue weighted by Crippen LogP contribution is -2.20. The van der Waals surface area contributed by atoms with E-state index >= 15 is 0 Å². The number of hydrogen-bond acceptors (Lipinski definition) is 3. The van der Waals surface area contributed by atoms with Gasteiger partial charge in [-0.25, -0.2) is 0 Å². The van der Waals surface area contributed by atoms with Gasteiger partial charge in [-0.15, -0.1) is 17.5 Å². The first-order valence-corrected chi connectivity index (χ1v) is 7.27. The third-order valence-electron chi connectivity index (χ3n) is 3.06. The molecule has 0 radical (unpaired) electrons.